The van der Waals surface area contributed by atoms with E-state index in [4.69, 9.17) is 14.5 Å². The Balaban J connectivity index is 1.39. The van der Waals surface area contributed by atoms with Crippen molar-refractivity contribution in [3.63, 3.8) is 0 Å². The minimum Gasteiger partial charge on any atom is -0.491 e. The molecular formula is C29H37N3O4. The maximum absolute atomic E-state index is 13.4. The Hall–Kier alpha value is -3.09. The first-order valence-electron chi connectivity index (χ1n) is 13.4. The summed E-state index contributed by atoms with van der Waals surface area (Å²) < 4.78 is 12.4. The Labute approximate surface area is 213 Å². The predicted molar refractivity (Wildman–Crippen MR) is 139 cm³/mol. The number of benzene rings is 1. The van der Waals surface area contributed by atoms with E-state index in [0.29, 0.717) is 44.3 Å². The molecule has 7 nitrogen and oxygen atoms in total. The summed E-state index contributed by atoms with van der Waals surface area (Å²) in [6.45, 7) is 5.96. The third-order valence-corrected chi connectivity index (χ3v) is 7.58. The molecule has 0 unspecified atom stereocenters. The molecule has 1 fully saturated rings. The van der Waals surface area contributed by atoms with Crippen LogP contribution in [-0.2, 0) is 16.0 Å². The second kappa shape index (κ2) is 10.9. The smallest absolute Gasteiger partial charge is 0.243 e. The second-order valence-electron chi connectivity index (χ2n) is 10.7. The van der Waals surface area contributed by atoms with Crippen molar-refractivity contribution in [1.82, 2.24) is 15.2 Å². The van der Waals surface area contributed by atoms with Gasteiger partial charge in [-0.2, -0.15) is 0 Å². The summed E-state index contributed by atoms with van der Waals surface area (Å²) in [6, 6.07) is 7.46. The van der Waals surface area contributed by atoms with Crippen LogP contribution in [-0.4, -0.2) is 53.5 Å². The molecule has 5 rings (SSSR count). The van der Waals surface area contributed by atoms with Crippen molar-refractivity contribution in [3.05, 3.63) is 42.1 Å². The molecule has 1 saturated heterocycles. The van der Waals surface area contributed by atoms with E-state index in [-0.39, 0.29) is 23.8 Å². The number of amides is 2. The number of aromatic nitrogens is 1. The van der Waals surface area contributed by atoms with Crippen molar-refractivity contribution in [2.75, 3.05) is 19.7 Å². The highest BCUT2D eigenvalue weighted by molar-refractivity contribution is 5.93. The van der Waals surface area contributed by atoms with Gasteiger partial charge in [-0.15, -0.1) is 0 Å². The molecular weight excluding hydrogens is 454 g/mol. The Bertz CT molecular complexity index is 1150. The molecule has 36 heavy (non-hydrogen) atoms. The fourth-order valence-electron chi connectivity index (χ4n) is 5.82. The molecule has 0 bridgehead atoms. The largest absolute Gasteiger partial charge is 0.491 e. The van der Waals surface area contributed by atoms with Gasteiger partial charge in [-0.05, 0) is 50.0 Å². The Morgan fingerprint density at radius 2 is 1.92 bits per heavy atom. The Morgan fingerprint density at radius 1 is 1.08 bits per heavy atom. The van der Waals surface area contributed by atoms with Gasteiger partial charge in [-0.3, -0.25) is 9.59 Å². The number of nitrogens with one attached hydrogen (secondary N) is 1. The van der Waals surface area contributed by atoms with Crippen molar-refractivity contribution < 1.29 is 19.1 Å². The van der Waals surface area contributed by atoms with Crippen molar-refractivity contribution in [3.8, 4) is 11.6 Å². The number of hydrogen-bond donors (Lipinski definition) is 1. The van der Waals surface area contributed by atoms with Crippen molar-refractivity contribution in [2.45, 2.75) is 70.9 Å². The Kier molecular flexibility index (Phi) is 7.44. The van der Waals surface area contributed by atoms with Gasteiger partial charge in [0.1, 0.15) is 17.9 Å². The van der Waals surface area contributed by atoms with Gasteiger partial charge >= 0.3 is 0 Å². The van der Waals surface area contributed by atoms with Crippen LogP contribution in [0, 0.1) is 11.8 Å². The summed E-state index contributed by atoms with van der Waals surface area (Å²) in [6.07, 6.45) is 9.64. The first kappa shape index (κ1) is 24.6. The van der Waals surface area contributed by atoms with Gasteiger partial charge < -0.3 is 19.7 Å². The summed E-state index contributed by atoms with van der Waals surface area (Å²) in [7, 11) is 0. The highest BCUT2D eigenvalue weighted by atomic mass is 16.5. The summed E-state index contributed by atoms with van der Waals surface area (Å²) >= 11 is 0. The molecule has 2 aromatic rings. The number of rotatable bonds is 2. The van der Waals surface area contributed by atoms with E-state index in [9.17, 15) is 9.59 Å². The zero-order valence-corrected chi connectivity index (χ0v) is 21.4. The fourth-order valence-corrected chi connectivity index (χ4v) is 5.82. The van der Waals surface area contributed by atoms with Gasteiger partial charge in [0.2, 0.25) is 17.7 Å². The van der Waals surface area contributed by atoms with E-state index in [1.54, 1.807) is 4.90 Å². The van der Waals surface area contributed by atoms with E-state index >= 15 is 0 Å². The molecule has 0 aliphatic carbocycles. The number of allylic oxidation sites excluding steroid dienone is 1. The number of pyridine rings is 1. The van der Waals surface area contributed by atoms with E-state index < -0.39 is 6.04 Å². The number of fused-ring (bicyclic) bond motifs is 4. The highest BCUT2D eigenvalue weighted by Gasteiger charge is 2.41. The molecule has 1 aromatic carbocycles. The molecule has 3 aliphatic rings. The minimum absolute atomic E-state index is 0.0326. The highest BCUT2D eigenvalue weighted by Crippen LogP contribution is 2.38. The van der Waals surface area contributed by atoms with Crippen LogP contribution < -0.4 is 14.8 Å². The van der Waals surface area contributed by atoms with Crippen molar-refractivity contribution in [2.24, 2.45) is 11.8 Å². The van der Waals surface area contributed by atoms with E-state index in [0.717, 1.165) is 54.3 Å². The first-order valence-corrected chi connectivity index (χ1v) is 13.4. The number of carbonyl (C=O) groups is 2. The molecule has 0 spiro atoms. The summed E-state index contributed by atoms with van der Waals surface area (Å²) in [5.41, 5.74) is 0.912. The zero-order valence-electron chi connectivity index (χ0n) is 21.4. The summed E-state index contributed by atoms with van der Waals surface area (Å²) in [5, 5.41) is 4.89. The van der Waals surface area contributed by atoms with Gasteiger partial charge in [-0.1, -0.05) is 44.2 Å². The summed E-state index contributed by atoms with van der Waals surface area (Å²) in [5.74, 6) is 2.16. The molecule has 7 heteroatoms. The lowest BCUT2D eigenvalue weighted by Crippen LogP contribution is -2.46. The van der Waals surface area contributed by atoms with Gasteiger partial charge in [0.05, 0.1) is 18.8 Å². The molecule has 1 N–H and O–H groups in total. The van der Waals surface area contributed by atoms with Crippen LogP contribution in [0.15, 0.2) is 36.4 Å². The van der Waals surface area contributed by atoms with Crippen LogP contribution in [0.3, 0.4) is 0 Å². The van der Waals surface area contributed by atoms with Crippen LogP contribution in [0.25, 0.3) is 10.8 Å². The van der Waals surface area contributed by atoms with Crippen LogP contribution >= 0.6 is 0 Å². The number of carbonyl (C=O) groups excluding carboxylic acids is 2. The molecule has 0 saturated carbocycles. The number of nitrogens with zero attached hydrogens (tertiary/aromatic N) is 2. The lowest BCUT2D eigenvalue weighted by molar-refractivity contribution is -0.139. The molecule has 4 heterocycles. The van der Waals surface area contributed by atoms with Crippen LogP contribution in [0.4, 0.5) is 0 Å². The lowest BCUT2D eigenvalue weighted by atomic mass is 9.91. The standard InChI is InChI=1S/C29H37N3O4/c1-19-9-4-3-7-13-30-28(34)25-17-21(18-32(25)26(33)16-20(2)15-19)36-29-23-11-6-5-10-22(23)27-24(31-29)12-8-14-35-27/h3,5-7,10-11,19-21,25H,4,8-9,12-18H2,1-2H3,(H,30,34)/b7-3-/t19-,20+,21+,25-/m0/s1. The van der Waals surface area contributed by atoms with E-state index in [1.165, 1.54) is 0 Å². The monoisotopic (exact) mass is 491 g/mol. The van der Waals surface area contributed by atoms with Crippen molar-refractivity contribution >= 4 is 22.6 Å². The lowest BCUT2D eigenvalue weighted by Gasteiger charge is -2.26. The Morgan fingerprint density at radius 3 is 2.78 bits per heavy atom. The average Bonchev–Trinajstić information content (AvgIpc) is 3.29. The third-order valence-electron chi connectivity index (χ3n) is 7.58. The molecule has 3 aliphatic heterocycles. The minimum atomic E-state index is -0.532. The zero-order chi connectivity index (χ0) is 25.1. The van der Waals surface area contributed by atoms with Gasteiger partial charge in [-0.25, -0.2) is 4.98 Å². The molecule has 4 atom stereocenters. The molecule has 192 valence electrons. The van der Waals surface area contributed by atoms with Gasteiger partial charge in [0.25, 0.3) is 0 Å². The van der Waals surface area contributed by atoms with Crippen molar-refractivity contribution in [1.29, 1.82) is 0 Å². The van der Waals surface area contributed by atoms with Crippen LogP contribution in [0.5, 0.6) is 11.6 Å². The topological polar surface area (TPSA) is 80.8 Å². The average molecular weight is 492 g/mol. The van der Waals surface area contributed by atoms with E-state index in [1.807, 2.05) is 30.3 Å². The fraction of sp³-hybridized carbons (Fsp3) is 0.552. The number of ether oxygens (including phenoxy) is 2. The number of aryl methyl sites for hydroxylation is 1. The quantitative estimate of drug-likeness (QED) is 0.629. The maximum Gasteiger partial charge on any atom is 0.243 e. The summed E-state index contributed by atoms with van der Waals surface area (Å²) in [4.78, 5) is 33.1. The molecule has 0 radical (unpaired) electrons. The number of hydrogen-bond acceptors (Lipinski definition) is 5. The van der Waals surface area contributed by atoms with Crippen LogP contribution in [0.1, 0.15) is 58.1 Å². The molecule has 2 amide bonds. The maximum atomic E-state index is 13.4. The third kappa shape index (κ3) is 5.35. The normalized spacial score (nSPS) is 28.4. The second-order valence-corrected chi connectivity index (χ2v) is 10.7. The van der Waals surface area contributed by atoms with Gasteiger partial charge in [0.15, 0.2) is 0 Å². The predicted octanol–water partition coefficient (Wildman–Crippen LogP) is 4.43. The SMILES string of the molecule is C[C@H]1CC/C=C\CNC(=O)[C@@H]2C[C@@H](Oc3nc4c(c5ccccc35)OCCC4)CN2C(=O)C[C@H](C)C1. The van der Waals surface area contributed by atoms with Crippen LogP contribution in [0.2, 0.25) is 0 Å². The van der Waals surface area contributed by atoms with Gasteiger partial charge in [0, 0.05) is 30.2 Å². The molecule has 1 aromatic heterocycles. The van der Waals surface area contributed by atoms with E-state index in [2.05, 4.69) is 25.2 Å². The first-order chi connectivity index (χ1) is 17.5.